The van der Waals surface area contributed by atoms with Crippen LogP contribution in [0.3, 0.4) is 0 Å². The summed E-state index contributed by atoms with van der Waals surface area (Å²) in [7, 11) is 0. The van der Waals surface area contributed by atoms with Crippen molar-refractivity contribution >= 4 is 52.3 Å². The Morgan fingerprint density at radius 1 is 1.38 bits per heavy atom. The molecular weight excluding hydrogens is 419 g/mol. The Morgan fingerprint density at radius 3 is 2.76 bits per heavy atom. The summed E-state index contributed by atoms with van der Waals surface area (Å²) in [4.78, 5) is 41.9. The number of amides is 3. The molecule has 0 radical (unpaired) electrons. The van der Waals surface area contributed by atoms with Crippen molar-refractivity contribution in [2.75, 3.05) is 25.0 Å². The maximum Gasteiger partial charge on any atom is 0.267 e. The number of pyridine rings is 1. The van der Waals surface area contributed by atoms with Gasteiger partial charge >= 0.3 is 0 Å². The second kappa shape index (κ2) is 8.54. The highest BCUT2D eigenvalue weighted by Gasteiger charge is 2.51. The van der Waals surface area contributed by atoms with E-state index in [9.17, 15) is 14.4 Å². The van der Waals surface area contributed by atoms with Crippen LogP contribution in [0.2, 0.25) is 0 Å². The smallest absolute Gasteiger partial charge is 0.267 e. The van der Waals surface area contributed by atoms with Crippen molar-refractivity contribution in [3.8, 4) is 0 Å². The van der Waals surface area contributed by atoms with Crippen LogP contribution in [0, 0.1) is 11.3 Å². The van der Waals surface area contributed by atoms with Crippen molar-refractivity contribution in [1.29, 1.82) is 5.41 Å². The Bertz CT molecular complexity index is 847. The van der Waals surface area contributed by atoms with Crippen molar-refractivity contribution in [3.63, 3.8) is 0 Å². The zero-order chi connectivity index (χ0) is 21.2. The van der Waals surface area contributed by atoms with Gasteiger partial charge in [-0.1, -0.05) is 0 Å². The maximum atomic E-state index is 12.7. The summed E-state index contributed by atoms with van der Waals surface area (Å²) < 4.78 is -0.761. The summed E-state index contributed by atoms with van der Waals surface area (Å²) in [6.07, 6.45) is 4.76. The number of hydrogen-bond donors (Lipinski definition) is 4. The average Bonchev–Trinajstić information content (AvgIpc) is 3.07. The number of anilines is 1. The molecule has 1 aromatic heterocycles. The van der Waals surface area contributed by atoms with Gasteiger partial charge in [0.25, 0.3) is 5.91 Å². The summed E-state index contributed by atoms with van der Waals surface area (Å²) in [5, 5.41) is 13.5. The predicted octanol–water partition coefficient (Wildman–Crippen LogP) is 0.648. The largest absolute Gasteiger partial charge is 0.376 e. The molecule has 2 atom stereocenters. The molecular formula is C18H22Cl2N6O3. The third-order valence-electron chi connectivity index (χ3n) is 5.12. The van der Waals surface area contributed by atoms with Crippen molar-refractivity contribution < 1.29 is 14.4 Å². The van der Waals surface area contributed by atoms with Crippen LogP contribution >= 0.6 is 23.2 Å². The van der Waals surface area contributed by atoms with Crippen LogP contribution in [0.15, 0.2) is 18.5 Å². The highest BCUT2D eigenvalue weighted by molar-refractivity contribution is 6.50. The van der Waals surface area contributed by atoms with E-state index in [0.717, 1.165) is 6.42 Å². The van der Waals surface area contributed by atoms with Gasteiger partial charge in [0.2, 0.25) is 11.8 Å². The fourth-order valence-electron chi connectivity index (χ4n) is 3.32. The Labute approximate surface area is 177 Å². The number of aromatic nitrogens is 1. The number of halogens is 2. The van der Waals surface area contributed by atoms with Crippen LogP contribution in [-0.4, -0.2) is 63.3 Å². The Balaban J connectivity index is 1.57. The standard InChI is InChI=1S/C18H22Cl2N6O3/c19-18(20)6-10(18)7-25-17(29)13-2-1-5-26(13)14(27)9-24-12-3-4-23-8-11(12)15(21)16(22)28/h3-4,8,10,13,21H,1-2,5-7,9H2,(H2,22,28)(H,23,24)(H,25,29)/t10-,13+/m1/s1. The SMILES string of the molecule is N=C(C(N)=O)c1cnccc1NCC(=O)N1CCC[C@H]1C(=O)NC[C@H]1CC1(Cl)Cl. The van der Waals surface area contributed by atoms with Crippen LogP contribution in [0.4, 0.5) is 5.69 Å². The summed E-state index contributed by atoms with van der Waals surface area (Å²) in [5.74, 6) is -1.33. The Hall–Kier alpha value is -2.39. The lowest BCUT2D eigenvalue weighted by molar-refractivity contribution is -0.137. The third kappa shape index (κ3) is 4.97. The van der Waals surface area contributed by atoms with Gasteiger partial charge in [-0.25, -0.2) is 0 Å². The van der Waals surface area contributed by atoms with E-state index in [1.54, 1.807) is 6.07 Å². The fraction of sp³-hybridized carbons (Fsp3) is 0.500. The number of hydrogen-bond acceptors (Lipinski definition) is 6. The van der Waals surface area contributed by atoms with Crippen molar-refractivity contribution in [2.45, 2.75) is 29.6 Å². The molecule has 2 fully saturated rings. The Kier molecular flexibility index (Phi) is 6.28. The molecule has 2 aliphatic rings. The molecule has 3 amide bonds. The predicted molar refractivity (Wildman–Crippen MR) is 109 cm³/mol. The van der Waals surface area contributed by atoms with E-state index in [2.05, 4.69) is 15.6 Å². The van der Waals surface area contributed by atoms with Gasteiger partial charge < -0.3 is 21.3 Å². The van der Waals surface area contributed by atoms with Gasteiger partial charge in [0.1, 0.15) is 16.1 Å². The molecule has 5 N–H and O–H groups in total. The van der Waals surface area contributed by atoms with E-state index in [0.29, 0.717) is 31.6 Å². The summed E-state index contributed by atoms with van der Waals surface area (Å²) in [6, 6.07) is 1.01. The van der Waals surface area contributed by atoms with E-state index in [1.165, 1.54) is 17.3 Å². The number of carbonyl (C=O) groups excluding carboxylic acids is 3. The quantitative estimate of drug-likeness (QED) is 0.346. The molecule has 0 unspecified atom stereocenters. The number of rotatable bonds is 8. The molecule has 1 saturated heterocycles. The first-order valence-corrected chi connectivity index (χ1v) is 9.98. The number of nitrogens with two attached hydrogens (primary N) is 1. The summed E-state index contributed by atoms with van der Waals surface area (Å²) in [6.45, 7) is 0.775. The molecule has 1 aliphatic carbocycles. The van der Waals surface area contributed by atoms with Crippen LogP contribution in [0.25, 0.3) is 0 Å². The second-order valence-corrected chi connectivity index (χ2v) is 8.71. The van der Waals surface area contributed by atoms with Crippen LogP contribution in [-0.2, 0) is 14.4 Å². The maximum absolute atomic E-state index is 12.7. The molecule has 0 bridgehead atoms. The van der Waals surface area contributed by atoms with Crippen LogP contribution < -0.4 is 16.4 Å². The minimum atomic E-state index is -0.891. The third-order valence-corrected chi connectivity index (χ3v) is 6.05. The molecule has 11 heteroatoms. The molecule has 3 rings (SSSR count). The number of alkyl halides is 2. The van der Waals surface area contributed by atoms with Gasteiger partial charge in [-0.05, 0) is 25.3 Å². The molecule has 0 aromatic carbocycles. The molecule has 156 valence electrons. The lowest BCUT2D eigenvalue weighted by Crippen LogP contribution is -2.48. The minimum Gasteiger partial charge on any atom is -0.376 e. The molecule has 1 saturated carbocycles. The lowest BCUT2D eigenvalue weighted by atomic mass is 10.1. The molecule has 1 aromatic rings. The first-order chi connectivity index (χ1) is 13.7. The van der Waals surface area contributed by atoms with Crippen molar-refractivity contribution in [1.82, 2.24) is 15.2 Å². The molecule has 1 aliphatic heterocycles. The van der Waals surface area contributed by atoms with Gasteiger partial charge in [-0.2, -0.15) is 0 Å². The van der Waals surface area contributed by atoms with Gasteiger partial charge in [0.15, 0.2) is 0 Å². The molecule has 9 nitrogen and oxygen atoms in total. The van der Waals surface area contributed by atoms with Crippen molar-refractivity contribution in [2.24, 2.45) is 11.7 Å². The highest BCUT2D eigenvalue weighted by atomic mass is 35.5. The van der Waals surface area contributed by atoms with Gasteiger partial charge in [0, 0.05) is 42.7 Å². The van der Waals surface area contributed by atoms with E-state index in [1.807, 2.05) is 0 Å². The number of likely N-dealkylation sites (tertiary alicyclic amines) is 1. The van der Waals surface area contributed by atoms with E-state index < -0.39 is 22.0 Å². The average molecular weight is 441 g/mol. The normalized spacial score (nSPS) is 22.1. The molecule has 0 spiro atoms. The van der Waals surface area contributed by atoms with Crippen LogP contribution in [0.1, 0.15) is 24.8 Å². The zero-order valence-electron chi connectivity index (χ0n) is 15.6. The zero-order valence-corrected chi connectivity index (χ0v) is 17.1. The lowest BCUT2D eigenvalue weighted by Gasteiger charge is -2.24. The minimum absolute atomic E-state index is 0.0349. The summed E-state index contributed by atoms with van der Waals surface area (Å²) in [5.41, 5.74) is 5.36. The molecule has 2 heterocycles. The first kappa shape index (κ1) is 21.3. The number of carbonyl (C=O) groups is 3. The monoisotopic (exact) mass is 440 g/mol. The Morgan fingerprint density at radius 2 is 2.10 bits per heavy atom. The second-order valence-electron chi connectivity index (χ2n) is 7.17. The van der Waals surface area contributed by atoms with Gasteiger partial charge in [-0.3, -0.25) is 24.8 Å². The number of primary amides is 1. The van der Waals surface area contributed by atoms with E-state index in [4.69, 9.17) is 34.3 Å². The van der Waals surface area contributed by atoms with E-state index >= 15 is 0 Å². The van der Waals surface area contributed by atoms with Gasteiger partial charge in [0.05, 0.1) is 6.54 Å². The highest BCUT2D eigenvalue weighted by Crippen LogP contribution is 2.52. The van der Waals surface area contributed by atoms with Gasteiger partial charge in [-0.15, -0.1) is 23.2 Å². The van der Waals surface area contributed by atoms with E-state index in [-0.39, 0.29) is 29.8 Å². The topological polar surface area (TPSA) is 141 Å². The number of nitrogens with zero attached hydrogens (tertiary/aromatic N) is 2. The van der Waals surface area contributed by atoms with Crippen LogP contribution in [0.5, 0.6) is 0 Å². The number of nitrogens with one attached hydrogen (secondary N) is 3. The summed E-state index contributed by atoms with van der Waals surface area (Å²) >= 11 is 12.0. The molecule has 29 heavy (non-hydrogen) atoms. The van der Waals surface area contributed by atoms with Crippen molar-refractivity contribution in [3.05, 3.63) is 24.0 Å². The fourth-order valence-corrected chi connectivity index (χ4v) is 3.85. The first-order valence-electron chi connectivity index (χ1n) is 9.22.